The summed E-state index contributed by atoms with van der Waals surface area (Å²) in [6.07, 6.45) is 4.68. The Labute approximate surface area is 629 Å². The summed E-state index contributed by atoms with van der Waals surface area (Å²) in [6.45, 7) is 2.07. The topological polar surface area (TPSA) is 536 Å². The Hall–Kier alpha value is -9.32. The van der Waals surface area contributed by atoms with Crippen LogP contribution >= 0.6 is 45.3 Å². The Balaban J connectivity index is 0.000000134. The van der Waals surface area contributed by atoms with Gasteiger partial charge in [-0.3, -0.25) is 0 Å². The van der Waals surface area contributed by atoms with Crippen LogP contribution in [-0.4, -0.2) is 227 Å². The van der Waals surface area contributed by atoms with Crippen molar-refractivity contribution < 1.29 is 61.3 Å². The molecule has 16 atom stereocenters. The van der Waals surface area contributed by atoms with E-state index in [0.717, 1.165) is 60.5 Å². The summed E-state index contributed by atoms with van der Waals surface area (Å²) >= 11 is 5.94. The molecule has 0 radical (unpaired) electrons. The molecule has 4 fully saturated rings. The third-order valence-corrected chi connectivity index (χ3v) is 22.8. The van der Waals surface area contributed by atoms with Crippen molar-refractivity contribution in [1.82, 2.24) is 59.8 Å². The van der Waals surface area contributed by atoms with E-state index in [1.165, 1.54) is 34.0 Å². The number of aliphatic hydroxyl groups excluding tert-OH is 12. The fourth-order valence-corrected chi connectivity index (χ4v) is 16.5. The van der Waals surface area contributed by atoms with Gasteiger partial charge in [0.15, 0.2) is 0 Å². The highest BCUT2D eigenvalue weighted by atomic mass is 32.1. The number of nitrogens with two attached hydrogens (primary N) is 3. The second-order valence-corrected chi connectivity index (χ2v) is 29.9. The molecule has 0 saturated heterocycles. The van der Waals surface area contributed by atoms with E-state index in [1.54, 1.807) is 48.5 Å². The minimum Gasteiger partial charge on any atom is -0.396 e. The van der Waals surface area contributed by atoms with Crippen molar-refractivity contribution in [1.29, 1.82) is 0 Å². The van der Waals surface area contributed by atoms with Gasteiger partial charge in [-0.05, 0) is 49.8 Å². The zero-order chi connectivity index (χ0) is 75.4. The minimum atomic E-state index is -1.02. The number of rotatable bonds is 21. The molecule has 4 aliphatic rings. The molecule has 564 valence electrons. The van der Waals surface area contributed by atoms with Gasteiger partial charge in [-0.2, -0.15) is 19.9 Å². The minimum absolute atomic E-state index is 0.0952. The van der Waals surface area contributed by atoms with Gasteiger partial charge in [0, 0.05) is 110 Å². The van der Waals surface area contributed by atoms with E-state index >= 15 is 0 Å². The highest BCUT2D eigenvalue weighted by molar-refractivity contribution is 7.21. The van der Waals surface area contributed by atoms with Gasteiger partial charge in [-0.25, -0.2) is 39.9 Å². The molecular formula is C71H84N20O12S4. The van der Waals surface area contributed by atoms with Crippen LogP contribution in [-0.2, 0) is 0 Å². The number of nitrogens with one attached hydrogen (secondary N) is 5. The lowest BCUT2D eigenvalue weighted by Gasteiger charge is -2.20. The third-order valence-electron chi connectivity index (χ3n) is 19.0. The van der Waals surface area contributed by atoms with Gasteiger partial charge in [-0.1, -0.05) is 79.7 Å². The number of fused-ring (bicyclic) bond motifs is 1. The number of nitrogens with zero attached hydrogens (tertiary/aromatic N) is 12. The van der Waals surface area contributed by atoms with Crippen LogP contribution in [0.4, 0.5) is 47.1 Å². The number of nitrogen functional groups attached to an aromatic ring is 3. The lowest BCUT2D eigenvalue weighted by Crippen LogP contribution is -2.35. The van der Waals surface area contributed by atoms with E-state index < -0.39 is 73.0 Å². The number of aromatic nitrogens is 12. The number of thiazole rings is 4. The molecule has 0 spiro atoms. The van der Waals surface area contributed by atoms with Crippen molar-refractivity contribution >= 4 is 103 Å². The molecule has 107 heavy (non-hydrogen) atoms. The van der Waals surface area contributed by atoms with E-state index in [9.17, 15) is 61.3 Å². The van der Waals surface area contributed by atoms with Gasteiger partial charge in [0.2, 0.25) is 23.8 Å². The quantitative estimate of drug-likeness (QED) is 0.0470. The molecule has 0 amide bonds. The second kappa shape index (κ2) is 35.6. The van der Waals surface area contributed by atoms with Crippen molar-refractivity contribution in [3.63, 3.8) is 0 Å². The number of anilines is 8. The van der Waals surface area contributed by atoms with Crippen LogP contribution in [0.1, 0.15) is 39.0 Å². The molecule has 15 rings (SSSR count). The van der Waals surface area contributed by atoms with E-state index in [4.69, 9.17) is 22.2 Å². The lowest BCUT2D eigenvalue weighted by atomic mass is 10.1. The zero-order valence-electron chi connectivity index (χ0n) is 57.6. The molecule has 0 aliphatic heterocycles. The molecule has 4 saturated carbocycles. The first-order valence-corrected chi connectivity index (χ1v) is 37.9. The second-order valence-electron chi connectivity index (χ2n) is 26.1. The Bertz CT molecular complexity index is 4490. The number of hydrogen-bond acceptors (Lipinski definition) is 36. The molecule has 3 aromatic carbocycles. The van der Waals surface area contributed by atoms with Crippen LogP contribution in [0.25, 0.3) is 74.2 Å². The normalized spacial score (nSPS) is 25.1. The summed E-state index contributed by atoms with van der Waals surface area (Å²) < 4.78 is 1.07. The first kappa shape index (κ1) is 77.3. The highest BCUT2D eigenvalue weighted by Crippen LogP contribution is 2.41. The van der Waals surface area contributed by atoms with Crippen LogP contribution in [0.5, 0.6) is 0 Å². The van der Waals surface area contributed by atoms with E-state index in [1.807, 2.05) is 95.7 Å². The largest absolute Gasteiger partial charge is 0.396 e. The van der Waals surface area contributed by atoms with Crippen molar-refractivity contribution in [2.24, 2.45) is 23.7 Å². The van der Waals surface area contributed by atoms with Crippen LogP contribution in [0.15, 0.2) is 133 Å². The molecule has 8 aromatic heterocycles. The molecule has 0 bridgehead atoms. The average molecular weight is 1540 g/mol. The summed E-state index contributed by atoms with van der Waals surface area (Å²) in [7, 11) is 0. The maximum Gasteiger partial charge on any atom is 0.224 e. The molecule has 0 unspecified atom stereocenters. The van der Waals surface area contributed by atoms with Crippen molar-refractivity contribution in [3.05, 3.63) is 133 Å². The van der Waals surface area contributed by atoms with Gasteiger partial charge in [0.1, 0.15) is 67.7 Å². The van der Waals surface area contributed by atoms with Gasteiger partial charge >= 0.3 is 0 Å². The van der Waals surface area contributed by atoms with E-state index in [-0.39, 0.29) is 67.9 Å². The molecule has 36 heteroatoms. The smallest absolute Gasteiger partial charge is 0.224 e. The van der Waals surface area contributed by atoms with Crippen LogP contribution in [0, 0.1) is 23.7 Å². The summed E-state index contributed by atoms with van der Waals surface area (Å²) in [5, 5.41) is 141. The fraction of sp³-hybridized carbons (Fsp3) is 0.380. The standard InChI is InChI=1S/C20H25N5O3S.2C19H21N5O3S.C13H17N5O3S/c1-2-7-21-20-22-9-12(19-24-13-5-3-4-6-15(13)29-19)18(25-20)23-14-8-11(10-26)16(27)17(14)28;20-19-22-7-12(18-21-8-14(28-18)10-4-2-1-3-5-10)17(24-19)23-13-6-11(9-25)15(26)16(13)27;20-19-21-7-12(18-23-14(9-28-18)10-4-2-1-3-5-10)17(24-19)22-13-6-11(8-25)15(26)16(13)27;14-13-16-4-7(12-15-1-2-22-12)11(18-13)17-8-3-6(5-19)9(20)10(8)21/h3-6,9,11,14,16-17,26-28H,2,7-8,10H2,1H3,(H2,21,22,23,25);1-5,7-8,11,13,15-16,25-27H,6,9H2,(H3,20,22,23,24);1-5,7,9,11,13,15-16,25-27H,6,8H2,(H3,20,21,22,24);1-2,4,6,8-10,19-21H,3,5H2,(H3,14,16,17,18)/t11-,14-,16-,17+;2*11-,13-,15-,16+;6-,8-,9-,10+/m1111/s1. The first-order valence-electron chi connectivity index (χ1n) is 34.5. The summed E-state index contributed by atoms with van der Waals surface area (Å²) in [6, 6.07) is 25.9. The summed E-state index contributed by atoms with van der Waals surface area (Å²) in [5.74, 6) is 1.16. The highest BCUT2D eigenvalue weighted by Gasteiger charge is 2.45. The van der Waals surface area contributed by atoms with Crippen LogP contribution in [0.2, 0.25) is 0 Å². The Morgan fingerprint density at radius 3 is 1.29 bits per heavy atom. The molecule has 23 N–H and O–H groups in total. The van der Waals surface area contributed by atoms with Gasteiger partial charge in [-0.15, -0.1) is 45.3 Å². The molecule has 4 aliphatic carbocycles. The average Bonchev–Trinajstić information content (AvgIpc) is 1.69. The monoisotopic (exact) mass is 1540 g/mol. The SMILES string of the molecule is CCCNc1ncc(-c2nc3ccccc3s2)c(N[C@@H]2C[C@H](CO)[C@@H](O)[C@H]2O)n1.Nc1ncc(-c2nc(-c3ccccc3)cs2)c(N[C@@H]2C[C@H](CO)[C@@H](O)[C@H]2O)n1.Nc1ncc(-c2ncc(-c3ccccc3)s2)c(N[C@@H]2C[C@H](CO)[C@@H](O)[C@H]2O)n1.Nc1ncc(-c2nccs2)c(N[C@@H]2C[C@H](CO)[C@@H](O)[C@H]2O)n1. The van der Waals surface area contributed by atoms with Crippen molar-refractivity contribution in [2.45, 2.75) is 112 Å². The Morgan fingerprint density at radius 1 is 0.411 bits per heavy atom. The number of hydrogen-bond donors (Lipinski definition) is 20. The number of aliphatic hydroxyl groups is 12. The van der Waals surface area contributed by atoms with Crippen LogP contribution in [0.3, 0.4) is 0 Å². The Kier molecular flexibility index (Phi) is 25.7. The first-order chi connectivity index (χ1) is 51.8. The van der Waals surface area contributed by atoms with Crippen molar-refractivity contribution in [3.8, 4) is 64.0 Å². The van der Waals surface area contributed by atoms with Gasteiger partial charge in [0.05, 0.1) is 91.6 Å². The summed E-state index contributed by atoms with van der Waals surface area (Å²) in [5.41, 5.74) is 23.7. The molecule has 8 heterocycles. The molecule has 11 aromatic rings. The van der Waals surface area contributed by atoms with Crippen LogP contribution < -0.4 is 43.8 Å². The predicted octanol–water partition coefficient (Wildman–Crippen LogP) is 4.51. The molecule has 32 nitrogen and oxygen atoms in total. The Morgan fingerprint density at radius 2 is 0.841 bits per heavy atom. The maximum atomic E-state index is 10.4. The van der Waals surface area contributed by atoms with Crippen molar-refractivity contribution in [2.75, 3.05) is 76.8 Å². The number of para-hydroxylation sites is 1. The molecular weight excluding hydrogens is 1450 g/mol. The zero-order valence-corrected chi connectivity index (χ0v) is 60.9. The predicted molar refractivity (Wildman–Crippen MR) is 411 cm³/mol. The van der Waals surface area contributed by atoms with E-state index in [0.29, 0.717) is 81.6 Å². The maximum absolute atomic E-state index is 10.4. The van der Waals surface area contributed by atoms with E-state index in [2.05, 4.69) is 88.3 Å². The third kappa shape index (κ3) is 18.1. The lowest BCUT2D eigenvalue weighted by molar-refractivity contribution is 0.00443. The van der Waals surface area contributed by atoms with Gasteiger partial charge < -0.3 is 105 Å². The summed E-state index contributed by atoms with van der Waals surface area (Å²) in [4.78, 5) is 53.0. The number of benzene rings is 3. The van der Waals surface area contributed by atoms with Gasteiger partial charge in [0.25, 0.3) is 0 Å². The fourth-order valence-electron chi connectivity index (χ4n) is 13.1.